The highest BCUT2D eigenvalue weighted by Crippen LogP contribution is 2.39. The summed E-state index contributed by atoms with van der Waals surface area (Å²) in [6.07, 6.45) is 7.06. The van der Waals surface area contributed by atoms with E-state index < -0.39 is 0 Å². The van der Waals surface area contributed by atoms with Crippen molar-refractivity contribution in [3.8, 4) is 0 Å². The van der Waals surface area contributed by atoms with Gasteiger partial charge in [-0.1, -0.05) is 12.1 Å². The lowest BCUT2D eigenvalue weighted by Gasteiger charge is -2.44. The highest BCUT2D eigenvalue weighted by molar-refractivity contribution is 5.77. The molecule has 1 aromatic carbocycles. The average molecular weight is 356 g/mol. The summed E-state index contributed by atoms with van der Waals surface area (Å²) in [4.78, 5) is 18.3. The number of imidazole rings is 1. The fourth-order valence-electron chi connectivity index (χ4n) is 4.36. The van der Waals surface area contributed by atoms with Crippen LogP contribution in [0.4, 0.5) is 4.39 Å². The van der Waals surface area contributed by atoms with Gasteiger partial charge in [0.1, 0.15) is 5.82 Å². The van der Waals surface area contributed by atoms with E-state index in [4.69, 9.17) is 0 Å². The molecule has 1 N–H and O–H groups in total. The van der Waals surface area contributed by atoms with Crippen molar-refractivity contribution in [1.82, 2.24) is 19.8 Å². The average Bonchev–Trinajstić information content (AvgIpc) is 2.99. The van der Waals surface area contributed by atoms with E-state index in [2.05, 4.69) is 10.3 Å². The number of aromatic nitrogens is 2. The standard InChI is InChI=1S/C20H25FN4O/c1-24-12-22-11-18(24)20-17(6-7-19(26)25(20)2)23-16-9-14(10-16)13-4-3-5-15(21)8-13/h3-5,8,11-12,14,16-17,20,23H,6-7,9-10H2,1-2H3/t14?,16?,17-,20-/m1/s1. The van der Waals surface area contributed by atoms with E-state index in [1.807, 2.05) is 35.8 Å². The van der Waals surface area contributed by atoms with Gasteiger partial charge in [-0.15, -0.1) is 0 Å². The normalized spacial score (nSPS) is 28.9. The van der Waals surface area contributed by atoms with Gasteiger partial charge in [-0.3, -0.25) is 4.79 Å². The van der Waals surface area contributed by atoms with Gasteiger partial charge in [0, 0.05) is 32.6 Å². The summed E-state index contributed by atoms with van der Waals surface area (Å²) in [5, 5.41) is 3.76. The number of piperidine rings is 1. The second-order valence-electron chi connectivity index (χ2n) is 7.61. The quantitative estimate of drug-likeness (QED) is 0.916. The molecule has 0 spiro atoms. The molecule has 0 radical (unpaired) electrons. The predicted molar refractivity (Wildman–Crippen MR) is 97.0 cm³/mol. The number of nitrogens with one attached hydrogen (secondary N) is 1. The molecule has 4 rings (SSSR count). The van der Waals surface area contributed by atoms with E-state index in [1.165, 1.54) is 6.07 Å². The molecule has 138 valence electrons. The van der Waals surface area contributed by atoms with Gasteiger partial charge >= 0.3 is 0 Å². The van der Waals surface area contributed by atoms with Crippen molar-refractivity contribution in [2.24, 2.45) is 7.05 Å². The van der Waals surface area contributed by atoms with Crippen LogP contribution in [0.15, 0.2) is 36.8 Å². The first-order valence-corrected chi connectivity index (χ1v) is 9.26. The Labute approximate surface area is 153 Å². The van der Waals surface area contributed by atoms with Crippen LogP contribution in [0.2, 0.25) is 0 Å². The third-order valence-electron chi connectivity index (χ3n) is 5.93. The Bertz CT molecular complexity index is 799. The highest BCUT2D eigenvalue weighted by atomic mass is 19.1. The number of nitrogens with zero attached hydrogens (tertiary/aromatic N) is 3. The Morgan fingerprint density at radius 2 is 2.08 bits per heavy atom. The summed E-state index contributed by atoms with van der Waals surface area (Å²) in [5.74, 6) is 0.435. The molecule has 1 aliphatic heterocycles. The van der Waals surface area contributed by atoms with Gasteiger partial charge in [0.25, 0.3) is 0 Å². The van der Waals surface area contributed by atoms with Gasteiger partial charge in [0.15, 0.2) is 0 Å². The summed E-state index contributed by atoms with van der Waals surface area (Å²) in [7, 11) is 3.85. The topological polar surface area (TPSA) is 50.2 Å². The molecule has 1 saturated heterocycles. The van der Waals surface area contributed by atoms with Gasteiger partial charge in [-0.25, -0.2) is 9.37 Å². The number of aryl methyl sites for hydroxylation is 1. The molecular weight excluding hydrogens is 331 g/mol. The van der Waals surface area contributed by atoms with Crippen molar-refractivity contribution in [1.29, 1.82) is 0 Å². The van der Waals surface area contributed by atoms with Crippen molar-refractivity contribution in [2.45, 2.75) is 49.7 Å². The van der Waals surface area contributed by atoms with E-state index in [0.29, 0.717) is 18.4 Å². The van der Waals surface area contributed by atoms with Crippen molar-refractivity contribution >= 4 is 5.91 Å². The number of hydrogen-bond donors (Lipinski definition) is 1. The fourth-order valence-corrected chi connectivity index (χ4v) is 4.36. The minimum atomic E-state index is -0.164. The molecule has 1 aromatic heterocycles. The zero-order valence-electron chi connectivity index (χ0n) is 15.2. The highest BCUT2D eigenvalue weighted by Gasteiger charge is 2.39. The second kappa shape index (κ2) is 6.83. The van der Waals surface area contributed by atoms with Crippen LogP contribution in [0.5, 0.6) is 0 Å². The molecule has 2 fully saturated rings. The molecular formula is C20H25FN4O. The van der Waals surface area contributed by atoms with E-state index in [1.54, 1.807) is 18.5 Å². The molecule has 0 bridgehead atoms. The molecule has 2 aromatic rings. The monoisotopic (exact) mass is 356 g/mol. The zero-order chi connectivity index (χ0) is 18.3. The Kier molecular flexibility index (Phi) is 4.53. The SMILES string of the molecule is CN1C(=O)CC[C@@H](NC2CC(c3cccc(F)c3)C2)[C@@H]1c1cncn1C. The third-order valence-corrected chi connectivity index (χ3v) is 5.93. The number of benzene rings is 1. The lowest BCUT2D eigenvalue weighted by atomic mass is 9.75. The number of likely N-dealkylation sites (N-methyl/N-ethyl adjacent to an activating group) is 1. The van der Waals surface area contributed by atoms with Crippen LogP contribution < -0.4 is 5.32 Å². The minimum Gasteiger partial charge on any atom is -0.336 e. The molecule has 1 amide bonds. The molecule has 2 atom stereocenters. The van der Waals surface area contributed by atoms with Crippen LogP contribution in [0, 0.1) is 5.82 Å². The first kappa shape index (κ1) is 17.2. The van der Waals surface area contributed by atoms with E-state index in [9.17, 15) is 9.18 Å². The van der Waals surface area contributed by atoms with Gasteiger partial charge < -0.3 is 14.8 Å². The minimum absolute atomic E-state index is 0.00281. The fraction of sp³-hybridized carbons (Fsp3) is 0.500. The summed E-state index contributed by atoms with van der Waals surface area (Å²) >= 11 is 0. The Hall–Kier alpha value is -2.21. The van der Waals surface area contributed by atoms with Gasteiger partial charge in [-0.05, 0) is 42.9 Å². The van der Waals surface area contributed by atoms with E-state index in [-0.39, 0.29) is 23.8 Å². The molecule has 6 heteroatoms. The number of hydrogen-bond acceptors (Lipinski definition) is 3. The van der Waals surface area contributed by atoms with Crippen molar-refractivity contribution in [3.63, 3.8) is 0 Å². The van der Waals surface area contributed by atoms with Crippen LogP contribution in [0.3, 0.4) is 0 Å². The maximum absolute atomic E-state index is 13.4. The van der Waals surface area contributed by atoms with Crippen LogP contribution in [-0.4, -0.2) is 39.5 Å². The number of halogens is 1. The Morgan fingerprint density at radius 3 is 2.77 bits per heavy atom. The molecule has 1 aliphatic carbocycles. The first-order valence-electron chi connectivity index (χ1n) is 9.26. The third kappa shape index (κ3) is 3.14. The maximum atomic E-state index is 13.4. The molecule has 2 heterocycles. The lowest BCUT2D eigenvalue weighted by Crippen LogP contribution is -2.54. The predicted octanol–water partition coefficient (Wildman–Crippen LogP) is 2.76. The second-order valence-corrected chi connectivity index (χ2v) is 7.61. The summed E-state index contributed by atoms with van der Waals surface area (Å²) in [5.41, 5.74) is 2.14. The number of carbonyl (C=O) groups excluding carboxylic acids is 1. The molecule has 26 heavy (non-hydrogen) atoms. The Morgan fingerprint density at radius 1 is 1.27 bits per heavy atom. The summed E-state index contributed by atoms with van der Waals surface area (Å²) < 4.78 is 15.4. The van der Waals surface area contributed by atoms with Crippen LogP contribution in [0.25, 0.3) is 0 Å². The zero-order valence-corrected chi connectivity index (χ0v) is 15.2. The van der Waals surface area contributed by atoms with Gasteiger partial charge in [-0.2, -0.15) is 0 Å². The maximum Gasteiger partial charge on any atom is 0.222 e. The first-order chi connectivity index (χ1) is 12.5. The number of carbonyl (C=O) groups is 1. The van der Waals surface area contributed by atoms with E-state index >= 15 is 0 Å². The van der Waals surface area contributed by atoms with Gasteiger partial charge in [0.2, 0.25) is 5.91 Å². The number of rotatable bonds is 4. The molecule has 5 nitrogen and oxygen atoms in total. The molecule has 0 unspecified atom stereocenters. The molecule has 1 saturated carbocycles. The Balaban J connectivity index is 1.44. The largest absolute Gasteiger partial charge is 0.336 e. The number of amides is 1. The number of likely N-dealkylation sites (tertiary alicyclic amines) is 1. The smallest absolute Gasteiger partial charge is 0.222 e. The van der Waals surface area contributed by atoms with Crippen molar-refractivity contribution in [3.05, 3.63) is 53.9 Å². The van der Waals surface area contributed by atoms with Crippen LogP contribution in [0.1, 0.15) is 48.9 Å². The van der Waals surface area contributed by atoms with Crippen molar-refractivity contribution < 1.29 is 9.18 Å². The van der Waals surface area contributed by atoms with Gasteiger partial charge in [0.05, 0.1) is 24.3 Å². The summed E-state index contributed by atoms with van der Waals surface area (Å²) in [6.45, 7) is 0. The summed E-state index contributed by atoms with van der Waals surface area (Å²) in [6, 6.07) is 7.55. The molecule has 2 aliphatic rings. The van der Waals surface area contributed by atoms with Crippen LogP contribution in [-0.2, 0) is 11.8 Å². The van der Waals surface area contributed by atoms with Crippen molar-refractivity contribution in [2.75, 3.05) is 7.05 Å². The van der Waals surface area contributed by atoms with Crippen LogP contribution >= 0.6 is 0 Å². The van der Waals surface area contributed by atoms with E-state index in [0.717, 1.165) is 30.5 Å². The lowest BCUT2D eigenvalue weighted by molar-refractivity contribution is -0.136.